The van der Waals surface area contributed by atoms with Gasteiger partial charge in [0.25, 0.3) is 0 Å². The number of carbonyl (C=O) groups is 1. The number of hydrogen-bond acceptors (Lipinski definition) is 4. The Balaban J connectivity index is 1.85. The fourth-order valence-electron chi connectivity index (χ4n) is 3.64. The number of ether oxygens (including phenoxy) is 1. The van der Waals surface area contributed by atoms with Gasteiger partial charge in [0.2, 0.25) is 15.9 Å². The smallest absolute Gasteiger partial charge is 0.244 e. The predicted octanol–water partition coefficient (Wildman–Crippen LogP) is 4.37. The lowest BCUT2D eigenvalue weighted by atomic mass is 9.78. The van der Waals surface area contributed by atoms with Crippen molar-refractivity contribution in [3.8, 4) is 5.75 Å². The molecular formula is C20H21Cl3N2O4S. The standard InChI is InChI=1S/C20H21Cl3N2O4S/c21-14-2-5-16(6-3-14)29-13-20(11-19(24)26)8-1-9-25(12-20)30(27,28)18-7-4-15(22)10-17(18)23/h2-7,10H,1,8-9,11-13H2,(H2,24,26)/t20-/m0/s1. The number of sulfonamides is 1. The molecule has 1 fully saturated rings. The maximum Gasteiger partial charge on any atom is 0.244 e. The zero-order valence-electron chi connectivity index (χ0n) is 16.0. The van der Waals surface area contributed by atoms with Gasteiger partial charge in [0.05, 0.1) is 11.6 Å². The largest absolute Gasteiger partial charge is 0.493 e. The third kappa shape index (κ3) is 5.39. The number of carbonyl (C=O) groups excluding carboxylic acids is 1. The van der Waals surface area contributed by atoms with Crippen LogP contribution >= 0.6 is 34.8 Å². The molecule has 1 saturated heterocycles. The molecule has 0 unspecified atom stereocenters. The number of benzene rings is 2. The molecule has 6 nitrogen and oxygen atoms in total. The van der Waals surface area contributed by atoms with E-state index in [1.165, 1.54) is 22.5 Å². The number of primary amides is 1. The molecule has 162 valence electrons. The van der Waals surface area contributed by atoms with Crippen molar-refractivity contribution in [3.05, 3.63) is 57.5 Å². The molecular weight excluding hydrogens is 471 g/mol. The average molecular weight is 492 g/mol. The molecule has 1 atom stereocenters. The predicted molar refractivity (Wildman–Crippen MR) is 118 cm³/mol. The van der Waals surface area contributed by atoms with Crippen molar-refractivity contribution in [3.63, 3.8) is 0 Å². The molecule has 1 amide bonds. The highest BCUT2D eigenvalue weighted by Crippen LogP contribution is 2.38. The molecule has 0 aromatic heterocycles. The van der Waals surface area contributed by atoms with E-state index in [1.807, 2.05) is 0 Å². The minimum Gasteiger partial charge on any atom is -0.493 e. The lowest BCUT2D eigenvalue weighted by Crippen LogP contribution is -2.50. The van der Waals surface area contributed by atoms with Gasteiger partial charge in [0.1, 0.15) is 10.6 Å². The lowest BCUT2D eigenvalue weighted by Gasteiger charge is -2.41. The summed E-state index contributed by atoms with van der Waals surface area (Å²) < 4.78 is 33.7. The average Bonchev–Trinajstić information content (AvgIpc) is 2.67. The SMILES string of the molecule is NC(=O)C[C@@]1(COc2ccc(Cl)cc2)CCCN(S(=O)(=O)c2ccc(Cl)cc2Cl)C1. The minimum atomic E-state index is -3.89. The summed E-state index contributed by atoms with van der Waals surface area (Å²) in [4.78, 5) is 11.8. The van der Waals surface area contributed by atoms with Crippen LogP contribution in [0.3, 0.4) is 0 Å². The molecule has 0 aliphatic carbocycles. The normalized spacial score (nSPS) is 20.1. The second kappa shape index (κ2) is 9.32. The molecule has 0 bridgehead atoms. The Hall–Kier alpha value is -1.51. The first kappa shape index (κ1) is 23.2. The van der Waals surface area contributed by atoms with Crippen LogP contribution in [0.5, 0.6) is 5.75 Å². The quantitative estimate of drug-likeness (QED) is 0.623. The van der Waals surface area contributed by atoms with Gasteiger partial charge < -0.3 is 10.5 Å². The zero-order valence-corrected chi connectivity index (χ0v) is 19.1. The molecule has 30 heavy (non-hydrogen) atoms. The highest BCUT2D eigenvalue weighted by Gasteiger charge is 2.42. The Labute approximate surface area is 190 Å². The summed E-state index contributed by atoms with van der Waals surface area (Å²) in [5, 5.41) is 0.965. The molecule has 1 aliphatic heterocycles. The second-order valence-electron chi connectivity index (χ2n) is 7.40. The maximum absolute atomic E-state index is 13.2. The van der Waals surface area contributed by atoms with Gasteiger partial charge in [-0.25, -0.2) is 8.42 Å². The van der Waals surface area contributed by atoms with Crippen molar-refractivity contribution < 1.29 is 17.9 Å². The second-order valence-corrected chi connectivity index (χ2v) is 10.6. The summed E-state index contributed by atoms with van der Waals surface area (Å²) in [7, 11) is -3.89. The molecule has 0 saturated carbocycles. The van der Waals surface area contributed by atoms with Crippen molar-refractivity contribution in [2.75, 3.05) is 19.7 Å². The van der Waals surface area contributed by atoms with Gasteiger partial charge in [-0.3, -0.25) is 4.79 Å². The van der Waals surface area contributed by atoms with Crippen molar-refractivity contribution in [1.82, 2.24) is 4.31 Å². The van der Waals surface area contributed by atoms with Crippen LogP contribution in [0.25, 0.3) is 0 Å². The van der Waals surface area contributed by atoms with E-state index in [4.69, 9.17) is 45.3 Å². The van der Waals surface area contributed by atoms with Crippen LogP contribution in [0.2, 0.25) is 15.1 Å². The summed E-state index contributed by atoms with van der Waals surface area (Å²) in [5.74, 6) is 0.0578. The van der Waals surface area contributed by atoms with Crippen LogP contribution in [0.1, 0.15) is 19.3 Å². The number of halogens is 3. The van der Waals surface area contributed by atoms with Crippen LogP contribution in [0.15, 0.2) is 47.4 Å². The van der Waals surface area contributed by atoms with Gasteiger partial charge in [0, 0.05) is 35.0 Å². The molecule has 1 aliphatic rings. The number of amides is 1. The Morgan fingerprint density at radius 1 is 1.10 bits per heavy atom. The molecule has 0 spiro atoms. The lowest BCUT2D eigenvalue weighted by molar-refractivity contribution is -0.121. The Kier molecular flexibility index (Phi) is 7.20. The Bertz CT molecular complexity index is 1030. The summed E-state index contributed by atoms with van der Waals surface area (Å²) in [5.41, 5.74) is 4.73. The number of rotatable bonds is 7. The van der Waals surface area contributed by atoms with Crippen molar-refractivity contribution in [2.24, 2.45) is 11.1 Å². The van der Waals surface area contributed by atoms with Crippen LogP contribution in [0.4, 0.5) is 0 Å². The molecule has 2 aromatic rings. The van der Waals surface area contributed by atoms with E-state index in [1.54, 1.807) is 24.3 Å². The number of nitrogens with zero attached hydrogens (tertiary/aromatic N) is 1. The van der Waals surface area contributed by atoms with Gasteiger partial charge in [-0.1, -0.05) is 34.8 Å². The summed E-state index contributed by atoms with van der Waals surface area (Å²) >= 11 is 17.9. The molecule has 3 rings (SSSR count). The Morgan fingerprint density at radius 3 is 2.40 bits per heavy atom. The number of piperidine rings is 1. The van der Waals surface area contributed by atoms with Crippen molar-refractivity contribution in [2.45, 2.75) is 24.2 Å². The molecule has 0 radical (unpaired) electrons. The summed E-state index contributed by atoms with van der Waals surface area (Å²) in [6.45, 7) is 0.533. The highest BCUT2D eigenvalue weighted by atomic mass is 35.5. The van der Waals surface area contributed by atoms with Gasteiger partial charge in [-0.15, -0.1) is 0 Å². The monoisotopic (exact) mass is 490 g/mol. The van der Waals surface area contributed by atoms with E-state index in [0.717, 1.165) is 0 Å². The molecule has 2 aromatic carbocycles. The zero-order chi connectivity index (χ0) is 21.9. The van der Waals surface area contributed by atoms with Gasteiger partial charge in [0.15, 0.2) is 0 Å². The molecule has 2 N–H and O–H groups in total. The first-order chi connectivity index (χ1) is 14.1. The van der Waals surface area contributed by atoms with Gasteiger partial charge >= 0.3 is 0 Å². The maximum atomic E-state index is 13.2. The van der Waals surface area contributed by atoms with E-state index in [0.29, 0.717) is 35.2 Å². The van der Waals surface area contributed by atoms with Crippen LogP contribution in [-0.4, -0.2) is 38.3 Å². The van der Waals surface area contributed by atoms with Gasteiger partial charge in [-0.05, 0) is 55.3 Å². The van der Waals surface area contributed by atoms with Gasteiger partial charge in [-0.2, -0.15) is 4.31 Å². The summed E-state index contributed by atoms with van der Waals surface area (Å²) in [6, 6.07) is 11.1. The van der Waals surface area contributed by atoms with E-state index in [-0.39, 0.29) is 29.5 Å². The third-order valence-electron chi connectivity index (χ3n) is 5.05. The van der Waals surface area contributed by atoms with Crippen LogP contribution in [-0.2, 0) is 14.8 Å². The molecule has 10 heteroatoms. The first-order valence-electron chi connectivity index (χ1n) is 9.23. The fourth-order valence-corrected chi connectivity index (χ4v) is 6.11. The first-order valence-corrected chi connectivity index (χ1v) is 11.8. The number of nitrogens with two attached hydrogens (primary N) is 1. The van der Waals surface area contributed by atoms with E-state index < -0.39 is 21.3 Å². The summed E-state index contributed by atoms with van der Waals surface area (Å²) in [6.07, 6.45) is 1.16. The van der Waals surface area contributed by atoms with E-state index in [9.17, 15) is 13.2 Å². The van der Waals surface area contributed by atoms with Crippen LogP contribution < -0.4 is 10.5 Å². The highest BCUT2D eigenvalue weighted by molar-refractivity contribution is 7.89. The van der Waals surface area contributed by atoms with E-state index in [2.05, 4.69) is 0 Å². The Morgan fingerprint density at radius 2 is 1.77 bits per heavy atom. The van der Waals surface area contributed by atoms with Crippen molar-refractivity contribution >= 4 is 50.7 Å². The third-order valence-corrected chi connectivity index (χ3v) is 7.86. The van der Waals surface area contributed by atoms with E-state index >= 15 is 0 Å². The minimum absolute atomic E-state index is 0.000952. The topological polar surface area (TPSA) is 89.7 Å². The van der Waals surface area contributed by atoms with Crippen molar-refractivity contribution in [1.29, 1.82) is 0 Å². The van der Waals surface area contributed by atoms with Crippen LogP contribution in [0, 0.1) is 5.41 Å². The number of hydrogen-bond donors (Lipinski definition) is 1. The fraction of sp³-hybridized carbons (Fsp3) is 0.350. The molecule has 1 heterocycles.